The first kappa shape index (κ1) is 16.4. The minimum atomic E-state index is 0.416. The summed E-state index contributed by atoms with van der Waals surface area (Å²) in [6.07, 6.45) is 2.34. The van der Waals surface area contributed by atoms with Crippen LogP contribution in [-0.4, -0.2) is 47.6 Å². The maximum atomic E-state index is 5.69. The number of anilines is 1. The first-order chi connectivity index (χ1) is 13.3. The summed E-state index contributed by atoms with van der Waals surface area (Å²) in [6.45, 7) is 4.24. The second kappa shape index (κ2) is 7.08. The number of fused-ring (bicyclic) bond motifs is 2. The molecule has 0 spiro atoms. The smallest absolute Gasteiger partial charge is 0.163 e. The maximum absolute atomic E-state index is 5.69. The maximum Gasteiger partial charge on any atom is 0.163 e. The average Bonchev–Trinajstić information content (AvgIpc) is 3.16. The standard InChI is InChI=1S/C20H22N4O3/c1-2-16(21-15-4-6-19-20(11-15)26-9-8-25-19)13-24(7-1)12-14-3-5-17-18(10-14)23-27-22-17/h3-6,10-11,16,21H,1-2,7-9,12-13H2. The summed E-state index contributed by atoms with van der Waals surface area (Å²) < 4.78 is 16.1. The van der Waals surface area contributed by atoms with E-state index < -0.39 is 0 Å². The number of nitrogens with zero attached hydrogens (tertiary/aromatic N) is 3. The molecule has 1 atom stereocenters. The van der Waals surface area contributed by atoms with Gasteiger partial charge in [0.2, 0.25) is 0 Å². The number of hydrogen-bond acceptors (Lipinski definition) is 7. The van der Waals surface area contributed by atoms with Gasteiger partial charge in [0, 0.05) is 30.9 Å². The van der Waals surface area contributed by atoms with Crippen molar-refractivity contribution in [2.45, 2.75) is 25.4 Å². The summed E-state index contributed by atoms with van der Waals surface area (Å²) in [6, 6.07) is 12.6. The van der Waals surface area contributed by atoms with E-state index in [1.807, 2.05) is 18.2 Å². The van der Waals surface area contributed by atoms with Crippen molar-refractivity contribution in [1.82, 2.24) is 15.2 Å². The number of aromatic nitrogens is 2. The number of benzene rings is 2. The lowest BCUT2D eigenvalue weighted by Gasteiger charge is -2.34. The zero-order valence-corrected chi connectivity index (χ0v) is 15.1. The van der Waals surface area contributed by atoms with Crippen LogP contribution < -0.4 is 14.8 Å². The highest BCUT2D eigenvalue weighted by molar-refractivity contribution is 5.73. The Morgan fingerprint density at radius 2 is 1.89 bits per heavy atom. The Kier molecular flexibility index (Phi) is 4.29. The van der Waals surface area contributed by atoms with E-state index in [1.165, 1.54) is 12.0 Å². The first-order valence-electron chi connectivity index (χ1n) is 9.43. The summed E-state index contributed by atoms with van der Waals surface area (Å²) in [5.41, 5.74) is 3.94. The fraction of sp³-hybridized carbons (Fsp3) is 0.400. The molecule has 2 aliphatic heterocycles. The number of piperidine rings is 1. The van der Waals surface area contributed by atoms with Gasteiger partial charge in [0.15, 0.2) is 11.5 Å². The molecule has 1 aromatic heterocycles. The number of rotatable bonds is 4. The molecule has 1 saturated heterocycles. The number of likely N-dealkylation sites (tertiary alicyclic amines) is 1. The van der Waals surface area contributed by atoms with Gasteiger partial charge in [-0.25, -0.2) is 4.63 Å². The summed E-state index contributed by atoms with van der Waals surface area (Å²) in [7, 11) is 0. The Bertz CT molecular complexity index is 942. The van der Waals surface area contributed by atoms with Crippen LogP contribution in [0, 0.1) is 0 Å². The van der Waals surface area contributed by atoms with Crippen molar-refractivity contribution in [3.05, 3.63) is 42.0 Å². The molecule has 3 aromatic rings. The van der Waals surface area contributed by atoms with Gasteiger partial charge in [-0.05, 0) is 59.5 Å². The van der Waals surface area contributed by atoms with Crippen LogP contribution in [0.15, 0.2) is 41.0 Å². The van der Waals surface area contributed by atoms with Crippen molar-refractivity contribution in [2.75, 3.05) is 31.6 Å². The Morgan fingerprint density at radius 3 is 2.85 bits per heavy atom. The van der Waals surface area contributed by atoms with E-state index in [4.69, 9.17) is 14.1 Å². The van der Waals surface area contributed by atoms with E-state index in [1.54, 1.807) is 0 Å². The van der Waals surface area contributed by atoms with Gasteiger partial charge in [0.05, 0.1) is 0 Å². The van der Waals surface area contributed by atoms with E-state index >= 15 is 0 Å². The monoisotopic (exact) mass is 366 g/mol. The second-order valence-corrected chi connectivity index (χ2v) is 7.16. The Balaban J connectivity index is 1.24. The van der Waals surface area contributed by atoms with E-state index in [0.29, 0.717) is 19.3 Å². The second-order valence-electron chi connectivity index (χ2n) is 7.16. The largest absolute Gasteiger partial charge is 0.486 e. The van der Waals surface area contributed by atoms with Crippen LogP contribution in [0.4, 0.5) is 5.69 Å². The fourth-order valence-corrected chi connectivity index (χ4v) is 3.87. The van der Waals surface area contributed by atoms with Gasteiger partial charge < -0.3 is 14.8 Å². The highest BCUT2D eigenvalue weighted by atomic mass is 16.6. The molecule has 3 heterocycles. The van der Waals surface area contributed by atoms with Crippen LogP contribution in [0.1, 0.15) is 18.4 Å². The minimum absolute atomic E-state index is 0.416. The van der Waals surface area contributed by atoms with Crippen LogP contribution in [0.25, 0.3) is 11.0 Å². The predicted molar refractivity (Wildman–Crippen MR) is 101 cm³/mol. The molecule has 1 unspecified atom stereocenters. The van der Waals surface area contributed by atoms with Crippen LogP contribution in [0.3, 0.4) is 0 Å². The van der Waals surface area contributed by atoms with Crippen LogP contribution >= 0.6 is 0 Å². The molecule has 1 fully saturated rings. The molecule has 5 rings (SSSR count). The van der Waals surface area contributed by atoms with Crippen molar-refractivity contribution in [3.8, 4) is 11.5 Å². The Morgan fingerprint density at radius 1 is 1.00 bits per heavy atom. The summed E-state index contributed by atoms with van der Waals surface area (Å²) in [5.74, 6) is 1.66. The molecule has 7 heteroatoms. The van der Waals surface area contributed by atoms with Gasteiger partial charge in [-0.1, -0.05) is 6.07 Å². The van der Waals surface area contributed by atoms with Crippen LogP contribution in [-0.2, 0) is 6.54 Å². The summed E-state index contributed by atoms with van der Waals surface area (Å²) >= 11 is 0. The van der Waals surface area contributed by atoms with Gasteiger partial charge in [0.25, 0.3) is 0 Å². The topological polar surface area (TPSA) is 72.7 Å². The number of hydrogen-bond donors (Lipinski definition) is 1. The molecule has 7 nitrogen and oxygen atoms in total. The molecule has 0 aliphatic carbocycles. The van der Waals surface area contributed by atoms with Crippen molar-refractivity contribution in [3.63, 3.8) is 0 Å². The number of ether oxygens (including phenoxy) is 2. The lowest BCUT2D eigenvalue weighted by molar-refractivity contribution is 0.171. The van der Waals surface area contributed by atoms with Gasteiger partial charge >= 0.3 is 0 Å². The van der Waals surface area contributed by atoms with E-state index in [2.05, 4.69) is 38.7 Å². The normalized spacial score (nSPS) is 19.9. The molecule has 27 heavy (non-hydrogen) atoms. The van der Waals surface area contributed by atoms with Crippen molar-refractivity contribution < 1.29 is 14.1 Å². The van der Waals surface area contributed by atoms with Crippen molar-refractivity contribution >= 4 is 16.7 Å². The molecule has 2 aliphatic rings. The van der Waals surface area contributed by atoms with E-state index in [-0.39, 0.29) is 0 Å². The summed E-state index contributed by atoms with van der Waals surface area (Å²) in [4.78, 5) is 2.48. The lowest BCUT2D eigenvalue weighted by atomic mass is 10.0. The van der Waals surface area contributed by atoms with Crippen LogP contribution in [0.2, 0.25) is 0 Å². The van der Waals surface area contributed by atoms with E-state index in [9.17, 15) is 0 Å². The lowest BCUT2D eigenvalue weighted by Crippen LogP contribution is -2.41. The molecule has 0 saturated carbocycles. The third-order valence-corrected chi connectivity index (χ3v) is 5.14. The van der Waals surface area contributed by atoms with Gasteiger partial charge in [-0.2, -0.15) is 0 Å². The highest BCUT2D eigenvalue weighted by Gasteiger charge is 2.21. The Labute approximate surface area is 157 Å². The van der Waals surface area contributed by atoms with Crippen molar-refractivity contribution in [2.24, 2.45) is 0 Å². The fourth-order valence-electron chi connectivity index (χ4n) is 3.87. The van der Waals surface area contributed by atoms with E-state index in [0.717, 1.165) is 54.3 Å². The molecule has 0 radical (unpaired) electrons. The van der Waals surface area contributed by atoms with Gasteiger partial charge in [-0.15, -0.1) is 0 Å². The molecule has 140 valence electrons. The minimum Gasteiger partial charge on any atom is -0.486 e. The SMILES string of the molecule is c1cc2nonc2cc1CN1CCCC(Nc2ccc3c(c2)OCCO3)C1. The molecule has 0 amide bonds. The van der Waals surface area contributed by atoms with Crippen molar-refractivity contribution in [1.29, 1.82) is 0 Å². The average molecular weight is 366 g/mol. The molecule has 1 N–H and O–H groups in total. The molecule has 2 aromatic carbocycles. The molecular weight excluding hydrogens is 344 g/mol. The quantitative estimate of drug-likeness (QED) is 0.761. The van der Waals surface area contributed by atoms with Gasteiger partial charge in [0.1, 0.15) is 24.2 Å². The summed E-state index contributed by atoms with van der Waals surface area (Å²) in [5, 5.41) is 11.5. The zero-order chi connectivity index (χ0) is 18.1. The van der Waals surface area contributed by atoms with Crippen LogP contribution in [0.5, 0.6) is 11.5 Å². The third kappa shape index (κ3) is 3.55. The predicted octanol–water partition coefficient (Wildman–Crippen LogP) is 3.07. The molecule has 0 bridgehead atoms. The first-order valence-corrected chi connectivity index (χ1v) is 9.43. The third-order valence-electron chi connectivity index (χ3n) is 5.14. The molecular formula is C20H22N4O3. The van der Waals surface area contributed by atoms with Gasteiger partial charge in [-0.3, -0.25) is 4.90 Å². The Hall–Kier alpha value is -2.80. The zero-order valence-electron chi connectivity index (χ0n) is 15.1. The highest BCUT2D eigenvalue weighted by Crippen LogP contribution is 2.33. The number of nitrogens with one attached hydrogen (secondary N) is 1.